The van der Waals surface area contributed by atoms with Gasteiger partial charge in [0.25, 0.3) is 5.56 Å². The van der Waals surface area contributed by atoms with E-state index in [2.05, 4.69) is 40.5 Å². The second kappa shape index (κ2) is 34.2. The van der Waals surface area contributed by atoms with Gasteiger partial charge in [-0.25, -0.2) is 19.9 Å². The number of rotatable bonds is 33. The van der Waals surface area contributed by atoms with Crippen LogP contribution in [0.5, 0.6) is 0 Å². The molecule has 4 aromatic heterocycles. The van der Waals surface area contributed by atoms with Crippen LogP contribution in [0.25, 0.3) is 22.3 Å². The summed E-state index contributed by atoms with van der Waals surface area (Å²) in [5.41, 5.74) is 53.8. The number of nitrogens with zero attached hydrogens (tertiary/aromatic N) is 9. The number of nitrogen functional groups attached to an aromatic ring is 2. The van der Waals surface area contributed by atoms with Gasteiger partial charge in [-0.05, 0) is 30.8 Å². The molecule has 5 amide bonds. The minimum atomic E-state index is -1.59. The standard InChI is InChI=1S/C53H87N21O18S2/c54-12-25-38(81)40(83)33(59)50(87-25)90-43-24(57)11-23(56)37(80)45(43)92-52-42(85)44(91-51-34(60)41(84)39(82)26(13-55)88-51)27(89-52)18-93-9-3-1-2-4-10-94-19-30(77)64-6-8-72(32(79)17-74-22-68-36-48(74)69-53(62)70-49(36)86)15-29(76)63-5-7-71(14-28(58)75)31(78)16-73-21-67-35-46(61)65-20-66-47(35)73/h20-27,33-34,37-45,50-52,80-85H,1-19,54-57,59-60H2,(H2,58,75)(H,63,76)(H,64,77)(H2,61,65,66)(H3,62,69,70,86)/t23-,24+,25-,26+,27-,33-,34-,37+,38-,39-,40-,41-,42-,43-,44-,45-,50-,51-,52+/m1/s1. The minimum absolute atomic E-state index is 0.0235. The molecule has 27 N–H and O–H groups in total. The summed E-state index contributed by atoms with van der Waals surface area (Å²) >= 11 is 2.88. The van der Waals surface area contributed by atoms with Crippen molar-refractivity contribution in [1.29, 1.82) is 0 Å². The Morgan fingerprint density at radius 1 is 0.628 bits per heavy atom. The molecule has 0 radical (unpaired) electrons. The summed E-state index contributed by atoms with van der Waals surface area (Å²) in [7, 11) is 0. The van der Waals surface area contributed by atoms with Gasteiger partial charge in [0.15, 0.2) is 41.5 Å². The van der Waals surface area contributed by atoms with Gasteiger partial charge >= 0.3 is 0 Å². The zero-order valence-corrected chi connectivity index (χ0v) is 52.9. The highest BCUT2D eigenvalue weighted by atomic mass is 32.2. The van der Waals surface area contributed by atoms with Crippen molar-refractivity contribution in [2.75, 3.05) is 86.8 Å². The van der Waals surface area contributed by atoms with Gasteiger partial charge in [-0.15, -0.1) is 0 Å². The van der Waals surface area contributed by atoms with E-state index in [1.165, 1.54) is 56.5 Å². The lowest BCUT2D eigenvalue weighted by Crippen LogP contribution is -2.68. The number of unbranched alkanes of at least 4 members (excludes halogenated alkanes) is 3. The molecule has 19 atom stereocenters. The summed E-state index contributed by atoms with van der Waals surface area (Å²) < 4.78 is 39.4. The largest absolute Gasteiger partial charge is 0.389 e. The molecule has 8 rings (SSSR count). The van der Waals surface area contributed by atoms with Gasteiger partial charge in [-0.3, -0.25) is 33.8 Å². The van der Waals surface area contributed by atoms with E-state index in [1.54, 1.807) is 0 Å². The third kappa shape index (κ3) is 18.5. The van der Waals surface area contributed by atoms with Crippen LogP contribution < -0.4 is 67.8 Å². The number of imidazole rings is 2. The molecule has 7 heterocycles. The summed E-state index contributed by atoms with van der Waals surface area (Å²) in [6.45, 7) is -2.56. The number of carbonyl (C=O) groups excluding carboxylic acids is 5. The van der Waals surface area contributed by atoms with Crippen molar-refractivity contribution in [3.63, 3.8) is 0 Å². The Hall–Kier alpha value is -6.17. The highest BCUT2D eigenvalue weighted by molar-refractivity contribution is 8.00. The quantitative estimate of drug-likeness (QED) is 0.0197. The average molecular weight is 1370 g/mol. The zero-order valence-electron chi connectivity index (χ0n) is 51.3. The number of aliphatic hydroxyl groups excluding tert-OH is 6. The molecule has 4 aliphatic rings. The van der Waals surface area contributed by atoms with E-state index >= 15 is 0 Å². The van der Waals surface area contributed by atoms with Gasteiger partial charge in [0.2, 0.25) is 35.5 Å². The summed E-state index contributed by atoms with van der Waals surface area (Å²) in [6.07, 6.45) is -13.0. The smallest absolute Gasteiger partial charge is 0.280 e. The molecule has 524 valence electrons. The number of nitrogens with two attached hydrogens (primary N) is 9. The number of aliphatic hydroxyl groups is 6. The maximum Gasteiger partial charge on any atom is 0.280 e. The Bertz CT molecular complexity index is 3230. The van der Waals surface area contributed by atoms with Crippen molar-refractivity contribution in [2.45, 2.75) is 161 Å². The Morgan fingerprint density at radius 3 is 1.78 bits per heavy atom. The Morgan fingerprint density at radius 2 is 1.17 bits per heavy atom. The van der Waals surface area contributed by atoms with Crippen molar-refractivity contribution in [2.24, 2.45) is 40.1 Å². The zero-order chi connectivity index (χ0) is 68.1. The van der Waals surface area contributed by atoms with Gasteiger partial charge in [-0.1, -0.05) is 12.8 Å². The number of H-pyrrole nitrogens is 1. The Labute approximate surface area is 545 Å². The van der Waals surface area contributed by atoms with Gasteiger partial charge < -0.3 is 140 Å². The first-order valence-corrected chi connectivity index (χ1v) is 32.8. The lowest BCUT2D eigenvalue weighted by Gasteiger charge is -2.47. The highest BCUT2D eigenvalue weighted by Crippen LogP contribution is 2.36. The first-order chi connectivity index (χ1) is 44.9. The van der Waals surface area contributed by atoms with Crippen molar-refractivity contribution >= 4 is 87.2 Å². The van der Waals surface area contributed by atoms with Crippen LogP contribution in [0.4, 0.5) is 11.8 Å². The van der Waals surface area contributed by atoms with E-state index in [4.69, 9.17) is 80.0 Å². The van der Waals surface area contributed by atoms with E-state index < -0.39 is 165 Å². The number of hydrogen-bond acceptors (Lipinski definition) is 33. The van der Waals surface area contributed by atoms with Crippen molar-refractivity contribution in [1.82, 2.24) is 59.5 Å². The first-order valence-electron chi connectivity index (χ1n) is 30.5. The molecule has 39 nitrogen and oxygen atoms in total. The molecule has 0 aromatic carbocycles. The van der Waals surface area contributed by atoms with Crippen LogP contribution in [0.15, 0.2) is 23.8 Å². The number of anilines is 2. The number of carbonyl (C=O) groups is 5. The van der Waals surface area contributed by atoms with Gasteiger partial charge in [0, 0.05) is 57.1 Å². The number of nitrogens with one attached hydrogen (secondary N) is 3. The van der Waals surface area contributed by atoms with Crippen LogP contribution in [0.2, 0.25) is 0 Å². The molecule has 41 heteroatoms. The minimum Gasteiger partial charge on any atom is -0.389 e. The van der Waals surface area contributed by atoms with E-state index in [0.717, 1.165) is 30.6 Å². The SMILES string of the molecule is NC[C@@H]1O[C@H](O[C@H]2[C@@H](O)[C@H](O[C@@H]3[C@@H](O)[C@H](N)C[C@H](N)[C@H]3O[C@H]3O[C@H](CN)[C@@H](O)[C@H](O)[C@H]3N)O[C@@H]2CSCCCCCCSCC(=O)NCCN(CC(=O)NCCN(CC(N)=O)C(=O)Cn2cnc3c(N)ncnc32)C(=O)Cn2cnc3c(=O)[nH]c(N)nc32)[C@H](N)[C@@H](O)[C@@H]1O. The fourth-order valence-electron chi connectivity index (χ4n) is 11.2. The van der Waals surface area contributed by atoms with Gasteiger partial charge in [0.05, 0.1) is 55.8 Å². The van der Waals surface area contributed by atoms with Crippen molar-refractivity contribution in [3.05, 3.63) is 29.3 Å². The summed E-state index contributed by atoms with van der Waals surface area (Å²) in [5.74, 6) is -1.44. The summed E-state index contributed by atoms with van der Waals surface area (Å²) in [4.78, 5) is 103. The van der Waals surface area contributed by atoms with Crippen molar-refractivity contribution < 1.29 is 83.0 Å². The third-order valence-corrected chi connectivity index (χ3v) is 18.5. The second-order valence-electron chi connectivity index (χ2n) is 23.2. The molecule has 3 saturated heterocycles. The molecule has 4 aromatic rings. The molecule has 0 bridgehead atoms. The van der Waals surface area contributed by atoms with E-state index in [1.807, 2.05) is 0 Å². The maximum atomic E-state index is 13.9. The molecule has 1 aliphatic carbocycles. The molecule has 3 aliphatic heterocycles. The lowest BCUT2D eigenvalue weighted by atomic mass is 9.84. The first kappa shape index (κ1) is 73.6. The average Bonchev–Trinajstić information content (AvgIpc) is 1.32. The lowest BCUT2D eigenvalue weighted by molar-refractivity contribution is -0.306. The normalized spacial score (nSPS) is 30.4. The summed E-state index contributed by atoms with van der Waals surface area (Å²) in [5, 5.41) is 71.2. The molecular weight excluding hydrogens is 1280 g/mol. The highest BCUT2D eigenvalue weighted by Gasteiger charge is 2.54. The van der Waals surface area contributed by atoms with Crippen molar-refractivity contribution in [3.8, 4) is 0 Å². The van der Waals surface area contributed by atoms with Crippen LogP contribution in [-0.4, -0.2) is 301 Å². The predicted octanol–water partition coefficient (Wildman–Crippen LogP) is -10.3. The predicted molar refractivity (Wildman–Crippen MR) is 335 cm³/mol. The van der Waals surface area contributed by atoms with E-state index in [0.29, 0.717) is 11.5 Å². The molecule has 94 heavy (non-hydrogen) atoms. The van der Waals surface area contributed by atoms with Crippen LogP contribution in [0, 0.1) is 0 Å². The van der Waals surface area contributed by atoms with E-state index in [9.17, 15) is 59.4 Å². The molecule has 0 spiro atoms. The molecule has 1 saturated carbocycles. The summed E-state index contributed by atoms with van der Waals surface area (Å²) in [6, 6.07) is -4.37. The number of ether oxygens (including phenoxy) is 6. The molecule has 0 unspecified atom stereocenters. The number of amides is 5. The fourth-order valence-corrected chi connectivity index (χ4v) is 13.1. The second-order valence-corrected chi connectivity index (χ2v) is 25.5. The van der Waals surface area contributed by atoms with Crippen LogP contribution in [0.3, 0.4) is 0 Å². The van der Waals surface area contributed by atoms with Gasteiger partial charge in [0.1, 0.15) is 86.0 Å². The molecular formula is C53H87N21O18S2. The number of fused-ring (bicyclic) bond motifs is 2. The Balaban J connectivity index is 0.791. The number of primary amides is 1. The number of aromatic amines is 1. The third-order valence-electron chi connectivity index (χ3n) is 16.4. The maximum absolute atomic E-state index is 13.9. The monoisotopic (exact) mass is 1370 g/mol. The van der Waals surface area contributed by atoms with E-state index in [-0.39, 0.29) is 104 Å². The number of hydrogen-bond donors (Lipinski definition) is 18. The number of thioether (sulfide) groups is 2. The van der Waals surface area contributed by atoms with Crippen LogP contribution >= 0.6 is 23.5 Å². The fraction of sp³-hybridized carbons (Fsp3) is 0.717. The van der Waals surface area contributed by atoms with Crippen LogP contribution in [0.1, 0.15) is 32.1 Å². The topological polar surface area (TPSA) is 634 Å². The molecule has 4 fully saturated rings. The Kier molecular flexibility index (Phi) is 26.8. The number of aromatic nitrogens is 8. The van der Waals surface area contributed by atoms with Gasteiger partial charge in [-0.2, -0.15) is 28.5 Å². The van der Waals surface area contributed by atoms with Crippen LogP contribution in [-0.2, 0) is 65.5 Å².